The van der Waals surface area contributed by atoms with Gasteiger partial charge >= 0.3 is 0 Å². The molecular formula is C15H26N4O. The maximum Gasteiger partial charge on any atom is 0.137 e. The second kappa shape index (κ2) is 6.39. The normalized spacial score (nSPS) is 23.2. The maximum atomic E-state index is 9.89. The van der Waals surface area contributed by atoms with Crippen LogP contribution in [0.5, 0.6) is 0 Å². The molecule has 1 aliphatic heterocycles. The number of hydrogen-bond donors (Lipinski definition) is 2. The highest BCUT2D eigenvalue weighted by molar-refractivity contribution is 5.60. The molecule has 0 aromatic carbocycles. The Balaban J connectivity index is 2.33. The van der Waals surface area contributed by atoms with Gasteiger partial charge in [0.2, 0.25) is 0 Å². The zero-order valence-electron chi connectivity index (χ0n) is 12.9. The van der Waals surface area contributed by atoms with Crippen LogP contribution in [0.25, 0.3) is 0 Å². The number of aliphatic hydroxyl groups excluding tert-OH is 1. The van der Waals surface area contributed by atoms with Crippen molar-refractivity contribution in [2.24, 2.45) is 5.92 Å². The van der Waals surface area contributed by atoms with Gasteiger partial charge in [-0.1, -0.05) is 20.8 Å². The molecule has 2 N–H and O–H groups in total. The zero-order valence-corrected chi connectivity index (χ0v) is 12.9. The van der Waals surface area contributed by atoms with Crippen LogP contribution in [0, 0.1) is 5.92 Å². The quantitative estimate of drug-likeness (QED) is 0.884. The van der Waals surface area contributed by atoms with E-state index in [1.807, 2.05) is 0 Å². The lowest BCUT2D eigenvalue weighted by molar-refractivity contribution is 0.0968. The predicted molar refractivity (Wildman–Crippen MR) is 82.3 cm³/mol. The summed E-state index contributed by atoms with van der Waals surface area (Å²) < 4.78 is 0. The summed E-state index contributed by atoms with van der Waals surface area (Å²) in [6.07, 6.45) is 2.25. The van der Waals surface area contributed by atoms with Crippen molar-refractivity contribution in [2.45, 2.75) is 46.1 Å². The molecule has 1 fully saturated rings. The zero-order chi connectivity index (χ0) is 14.7. The van der Waals surface area contributed by atoms with Crippen LogP contribution >= 0.6 is 0 Å². The van der Waals surface area contributed by atoms with Crippen molar-refractivity contribution in [1.29, 1.82) is 0 Å². The number of aromatic nitrogens is 2. The van der Waals surface area contributed by atoms with Crippen LogP contribution in [0.4, 0.5) is 11.6 Å². The third-order valence-corrected chi connectivity index (χ3v) is 3.94. The van der Waals surface area contributed by atoms with E-state index in [1.165, 1.54) is 5.56 Å². The minimum absolute atomic E-state index is 0.191. The fourth-order valence-corrected chi connectivity index (χ4v) is 2.80. The van der Waals surface area contributed by atoms with E-state index >= 15 is 0 Å². The van der Waals surface area contributed by atoms with Crippen molar-refractivity contribution in [3.63, 3.8) is 0 Å². The SMILES string of the molecule is CCNc1ncnc(N2CCC(O)C(C)C2)c1C(C)C. The highest BCUT2D eigenvalue weighted by atomic mass is 16.3. The average molecular weight is 278 g/mol. The van der Waals surface area contributed by atoms with Crippen molar-refractivity contribution in [1.82, 2.24) is 9.97 Å². The van der Waals surface area contributed by atoms with Crippen molar-refractivity contribution >= 4 is 11.6 Å². The van der Waals surface area contributed by atoms with Gasteiger partial charge in [0.05, 0.1) is 6.10 Å². The van der Waals surface area contributed by atoms with E-state index in [0.29, 0.717) is 5.92 Å². The van der Waals surface area contributed by atoms with E-state index in [-0.39, 0.29) is 12.0 Å². The van der Waals surface area contributed by atoms with Crippen molar-refractivity contribution < 1.29 is 5.11 Å². The Morgan fingerprint density at radius 3 is 2.80 bits per heavy atom. The minimum atomic E-state index is -0.191. The number of rotatable bonds is 4. The van der Waals surface area contributed by atoms with Gasteiger partial charge in [-0.3, -0.25) is 0 Å². The van der Waals surface area contributed by atoms with E-state index in [4.69, 9.17) is 0 Å². The van der Waals surface area contributed by atoms with E-state index in [9.17, 15) is 5.11 Å². The number of anilines is 2. The molecule has 112 valence electrons. The maximum absolute atomic E-state index is 9.89. The third-order valence-electron chi connectivity index (χ3n) is 3.94. The molecule has 0 aliphatic carbocycles. The van der Waals surface area contributed by atoms with Gasteiger partial charge in [0, 0.05) is 25.2 Å². The molecule has 2 atom stereocenters. The molecular weight excluding hydrogens is 252 g/mol. The summed E-state index contributed by atoms with van der Waals surface area (Å²) in [6, 6.07) is 0. The molecule has 5 nitrogen and oxygen atoms in total. The molecule has 1 aromatic heterocycles. The molecule has 5 heteroatoms. The van der Waals surface area contributed by atoms with Gasteiger partial charge < -0.3 is 15.3 Å². The van der Waals surface area contributed by atoms with Gasteiger partial charge in [-0.2, -0.15) is 0 Å². The van der Waals surface area contributed by atoms with E-state index in [2.05, 4.69) is 47.9 Å². The van der Waals surface area contributed by atoms with Crippen LogP contribution in [-0.4, -0.2) is 40.8 Å². The Hall–Kier alpha value is -1.36. The first-order valence-corrected chi connectivity index (χ1v) is 7.56. The largest absolute Gasteiger partial charge is 0.393 e. The molecule has 1 aromatic rings. The monoisotopic (exact) mass is 278 g/mol. The summed E-state index contributed by atoms with van der Waals surface area (Å²) in [4.78, 5) is 11.2. The van der Waals surface area contributed by atoms with E-state index in [0.717, 1.165) is 37.7 Å². The van der Waals surface area contributed by atoms with Gasteiger partial charge in [-0.15, -0.1) is 0 Å². The van der Waals surface area contributed by atoms with Crippen molar-refractivity contribution in [2.75, 3.05) is 29.9 Å². The van der Waals surface area contributed by atoms with Crippen molar-refractivity contribution in [3.05, 3.63) is 11.9 Å². The van der Waals surface area contributed by atoms with Crippen LogP contribution in [0.15, 0.2) is 6.33 Å². The van der Waals surface area contributed by atoms with Crippen LogP contribution < -0.4 is 10.2 Å². The Kier molecular flexibility index (Phi) is 4.81. The second-order valence-corrected chi connectivity index (χ2v) is 5.92. The van der Waals surface area contributed by atoms with Crippen LogP contribution in [0.2, 0.25) is 0 Å². The summed E-state index contributed by atoms with van der Waals surface area (Å²) in [5.74, 6) is 2.60. The van der Waals surface area contributed by atoms with Gasteiger partial charge in [-0.05, 0) is 25.2 Å². The van der Waals surface area contributed by atoms with Crippen LogP contribution in [0.3, 0.4) is 0 Å². The topological polar surface area (TPSA) is 61.3 Å². The fraction of sp³-hybridized carbons (Fsp3) is 0.733. The minimum Gasteiger partial charge on any atom is -0.393 e. The number of piperidine rings is 1. The second-order valence-electron chi connectivity index (χ2n) is 5.92. The Bertz CT molecular complexity index is 449. The molecule has 2 unspecified atom stereocenters. The summed E-state index contributed by atoms with van der Waals surface area (Å²) in [6.45, 7) is 11.1. The highest BCUT2D eigenvalue weighted by Gasteiger charge is 2.27. The summed E-state index contributed by atoms with van der Waals surface area (Å²) in [5, 5.41) is 13.2. The Labute approximate surface area is 121 Å². The first-order chi connectivity index (χ1) is 9.54. The molecule has 0 bridgehead atoms. The highest BCUT2D eigenvalue weighted by Crippen LogP contribution is 2.33. The average Bonchev–Trinajstić information content (AvgIpc) is 2.42. The van der Waals surface area contributed by atoms with Gasteiger partial charge in [-0.25, -0.2) is 9.97 Å². The summed E-state index contributed by atoms with van der Waals surface area (Å²) in [7, 11) is 0. The molecule has 0 radical (unpaired) electrons. The standard InChI is InChI=1S/C15H26N4O/c1-5-16-14-13(10(2)3)15(18-9-17-14)19-7-6-12(20)11(4)8-19/h9-12,20H,5-8H2,1-4H3,(H,16,17,18). The molecule has 2 heterocycles. The lowest BCUT2D eigenvalue weighted by atomic mass is 9.95. The molecule has 0 saturated carbocycles. The van der Waals surface area contributed by atoms with Crippen molar-refractivity contribution in [3.8, 4) is 0 Å². The Morgan fingerprint density at radius 1 is 1.45 bits per heavy atom. The lowest BCUT2D eigenvalue weighted by Gasteiger charge is -2.36. The molecule has 0 spiro atoms. The van der Waals surface area contributed by atoms with Crippen LogP contribution in [0.1, 0.15) is 45.6 Å². The number of nitrogens with one attached hydrogen (secondary N) is 1. The first kappa shape index (κ1) is 15.0. The molecule has 0 amide bonds. The molecule has 1 aliphatic rings. The molecule has 1 saturated heterocycles. The Morgan fingerprint density at radius 2 is 2.20 bits per heavy atom. The predicted octanol–water partition coefficient (Wildman–Crippen LogP) is 2.24. The van der Waals surface area contributed by atoms with E-state index < -0.39 is 0 Å². The smallest absolute Gasteiger partial charge is 0.137 e. The first-order valence-electron chi connectivity index (χ1n) is 7.56. The summed E-state index contributed by atoms with van der Waals surface area (Å²) in [5.41, 5.74) is 1.18. The van der Waals surface area contributed by atoms with Crippen LogP contribution in [-0.2, 0) is 0 Å². The lowest BCUT2D eigenvalue weighted by Crippen LogP contribution is -2.42. The third kappa shape index (κ3) is 3.03. The van der Waals surface area contributed by atoms with E-state index in [1.54, 1.807) is 6.33 Å². The number of nitrogens with zero attached hydrogens (tertiary/aromatic N) is 3. The van der Waals surface area contributed by atoms with Gasteiger partial charge in [0.1, 0.15) is 18.0 Å². The molecule has 2 rings (SSSR count). The fourth-order valence-electron chi connectivity index (χ4n) is 2.80. The van der Waals surface area contributed by atoms with Gasteiger partial charge in [0.15, 0.2) is 0 Å². The summed E-state index contributed by atoms with van der Waals surface area (Å²) >= 11 is 0. The molecule has 20 heavy (non-hydrogen) atoms. The number of aliphatic hydroxyl groups is 1. The van der Waals surface area contributed by atoms with Gasteiger partial charge in [0.25, 0.3) is 0 Å². The number of hydrogen-bond acceptors (Lipinski definition) is 5.